The second-order valence-corrected chi connectivity index (χ2v) is 6.15. The molecule has 2 heterocycles. The van der Waals surface area contributed by atoms with Crippen LogP contribution in [0.1, 0.15) is 34.5 Å². The zero-order valence-electron chi connectivity index (χ0n) is 14.0. The van der Waals surface area contributed by atoms with Crippen molar-refractivity contribution in [3.63, 3.8) is 0 Å². The summed E-state index contributed by atoms with van der Waals surface area (Å²) < 4.78 is 40.7. The average molecular weight is 352 g/mol. The number of halogens is 3. The lowest BCUT2D eigenvalue weighted by atomic mass is 10.1. The topological polar surface area (TPSA) is 50.2 Å². The van der Waals surface area contributed by atoms with Gasteiger partial charge in [-0.15, -0.1) is 0 Å². The molecule has 1 amide bonds. The van der Waals surface area contributed by atoms with E-state index in [0.29, 0.717) is 16.9 Å². The van der Waals surface area contributed by atoms with Gasteiger partial charge in [-0.25, -0.2) is 0 Å². The lowest BCUT2D eigenvalue weighted by Crippen LogP contribution is -2.22. The Morgan fingerprint density at radius 3 is 2.48 bits per heavy atom. The SMILES string of the molecule is Cc1c(C(=O)Nc2cc(C(F)(F)F)ccc2N2CCCC2)cnn1C. The molecule has 2 aromatic rings. The van der Waals surface area contributed by atoms with E-state index in [9.17, 15) is 18.0 Å². The van der Waals surface area contributed by atoms with Gasteiger partial charge in [0.15, 0.2) is 0 Å². The standard InChI is InChI=1S/C17H19F3N4O/c1-11-13(10-21-23(11)2)16(25)22-14-9-12(17(18,19)20)5-6-15(14)24-7-3-4-8-24/h5-6,9-10H,3-4,7-8H2,1-2H3,(H,22,25). The van der Waals surface area contributed by atoms with Crippen molar-refractivity contribution in [3.8, 4) is 0 Å². The first kappa shape index (κ1) is 17.3. The number of aromatic nitrogens is 2. The van der Waals surface area contributed by atoms with Crippen molar-refractivity contribution in [2.75, 3.05) is 23.3 Å². The summed E-state index contributed by atoms with van der Waals surface area (Å²) in [7, 11) is 1.70. The summed E-state index contributed by atoms with van der Waals surface area (Å²) in [5.41, 5.74) is 0.985. The van der Waals surface area contributed by atoms with E-state index in [1.54, 1.807) is 18.7 Å². The van der Waals surface area contributed by atoms with Gasteiger partial charge in [0.1, 0.15) is 0 Å². The molecule has 1 fully saturated rings. The van der Waals surface area contributed by atoms with E-state index in [0.717, 1.165) is 38.1 Å². The normalized spacial score (nSPS) is 14.8. The molecule has 8 heteroatoms. The molecule has 1 aliphatic heterocycles. The Labute approximate surface area is 143 Å². The Hall–Kier alpha value is -2.51. The molecule has 3 rings (SSSR count). The van der Waals surface area contributed by atoms with Crippen LogP contribution in [0.25, 0.3) is 0 Å². The summed E-state index contributed by atoms with van der Waals surface area (Å²) in [6.45, 7) is 3.26. The highest BCUT2D eigenvalue weighted by Gasteiger charge is 2.32. The summed E-state index contributed by atoms with van der Waals surface area (Å²) in [6, 6.07) is 3.48. The molecule has 0 unspecified atom stereocenters. The predicted octanol–water partition coefficient (Wildman–Crippen LogP) is 3.60. The molecule has 1 aromatic carbocycles. The van der Waals surface area contributed by atoms with Crippen LogP contribution in [0.2, 0.25) is 0 Å². The molecule has 0 spiro atoms. The zero-order valence-corrected chi connectivity index (χ0v) is 14.0. The van der Waals surface area contributed by atoms with Gasteiger partial charge in [-0.05, 0) is 38.0 Å². The van der Waals surface area contributed by atoms with E-state index in [1.165, 1.54) is 12.3 Å². The largest absolute Gasteiger partial charge is 0.416 e. The number of carbonyl (C=O) groups is 1. The van der Waals surface area contributed by atoms with Gasteiger partial charge >= 0.3 is 6.18 Å². The van der Waals surface area contributed by atoms with Crippen LogP contribution in [-0.2, 0) is 13.2 Å². The van der Waals surface area contributed by atoms with Gasteiger partial charge in [-0.1, -0.05) is 0 Å². The lowest BCUT2D eigenvalue weighted by molar-refractivity contribution is -0.137. The van der Waals surface area contributed by atoms with Crippen LogP contribution in [-0.4, -0.2) is 28.8 Å². The van der Waals surface area contributed by atoms with Crippen molar-refractivity contribution in [2.24, 2.45) is 7.05 Å². The first-order valence-corrected chi connectivity index (χ1v) is 8.03. The minimum atomic E-state index is -4.47. The third-order valence-electron chi connectivity index (χ3n) is 4.50. The second kappa shape index (κ2) is 6.42. The van der Waals surface area contributed by atoms with E-state index in [2.05, 4.69) is 10.4 Å². The number of amides is 1. The molecule has 0 atom stereocenters. The second-order valence-electron chi connectivity index (χ2n) is 6.15. The predicted molar refractivity (Wildman–Crippen MR) is 88.8 cm³/mol. The van der Waals surface area contributed by atoms with Crippen molar-refractivity contribution in [1.82, 2.24) is 9.78 Å². The van der Waals surface area contributed by atoms with Gasteiger partial charge in [0.05, 0.1) is 28.7 Å². The quantitative estimate of drug-likeness (QED) is 0.918. The maximum absolute atomic E-state index is 13.1. The Bertz CT molecular complexity index is 792. The first-order chi connectivity index (χ1) is 11.8. The van der Waals surface area contributed by atoms with Crippen molar-refractivity contribution >= 4 is 17.3 Å². The molecule has 1 aromatic heterocycles. The van der Waals surface area contributed by atoms with Crippen LogP contribution in [0.4, 0.5) is 24.5 Å². The molecule has 1 aliphatic rings. The molecule has 1 N–H and O–H groups in total. The Morgan fingerprint density at radius 2 is 1.92 bits per heavy atom. The first-order valence-electron chi connectivity index (χ1n) is 8.03. The van der Waals surface area contributed by atoms with Crippen molar-refractivity contribution in [2.45, 2.75) is 25.9 Å². The third-order valence-corrected chi connectivity index (χ3v) is 4.50. The van der Waals surface area contributed by atoms with Crippen molar-refractivity contribution < 1.29 is 18.0 Å². The van der Waals surface area contributed by atoms with Crippen LogP contribution in [0.15, 0.2) is 24.4 Å². The number of hydrogen-bond acceptors (Lipinski definition) is 3. The molecule has 0 bridgehead atoms. The van der Waals surface area contributed by atoms with Crippen LogP contribution < -0.4 is 10.2 Å². The lowest BCUT2D eigenvalue weighted by Gasteiger charge is -2.23. The van der Waals surface area contributed by atoms with Crippen molar-refractivity contribution in [3.05, 3.63) is 41.2 Å². The highest BCUT2D eigenvalue weighted by Crippen LogP contribution is 2.36. The minimum absolute atomic E-state index is 0.171. The summed E-state index contributed by atoms with van der Waals surface area (Å²) in [5, 5.41) is 6.64. The van der Waals surface area contributed by atoms with Crippen LogP contribution in [0.5, 0.6) is 0 Å². The molecule has 5 nitrogen and oxygen atoms in total. The highest BCUT2D eigenvalue weighted by atomic mass is 19.4. The summed E-state index contributed by atoms with van der Waals surface area (Å²) in [6.07, 6.45) is -1.09. The summed E-state index contributed by atoms with van der Waals surface area (Å²) in [4.78, 5) is 14.5. The molecule has 1 saturated heterocycles. The number of hydrogen-bond donors (Lipinski definition) is 1. The Kier molecular flexibility index (Phi) is 4.45. The number of benzene rings is 1. The zero-order chi connectivity index (χ0) is 18.2. The highest BCUT2D eigenvalue weighted by molar-refractivity contribution is 6.06. The van der Waals surface area contributed by atoms with E-state index in [4.69, 9.17) is 0 Å². The van der Waals surface area contributed by atoms with Gasteiger partial charge in [0.25, 0.3) is 5.91 Å². The summed E-state index contributed by atoms with van der Waals surface area (Å²) in [5.74, 6) is -0.467. The van der Waals surface area contributed by atoms with E-state index in [1.807, 2.05) is 4.90 Å². The number of nitrogens with zero attached hydrogens (tertiary/aromatic N) is 3. The Balaban J connectivity index is 1.96. The number of nitrogens with one attached hydrogen (secondary N) is 1. The number of carbonyl (C=O) groups excluding carboxylic acids is 1. The molecular weight excluding hydrogens is 333 g/mol. The average Bonchev–Trinajstić information content (AvgIpc) is 3.18. The van der Waals surface area contributed by atoms with E-state index in [-0.39, 0.29) is 5.69 Å². The molecule has 0 aliphatic carbocycles. The van der Waals surface area contributed by atoms with E-state index < -0.39 is 17.6 Å². The molecular formula is C17H19F3N4O. The van der Waals surface area contributed by atoms with Crippen LogP contribution in [0.3, 0.4) is 0 Å². The summed E-state index contributed by atoms with van der Waals surface area (Å²) >= 11 is 0. The fraction of sp³-hybridized carbons (Fsp3) is 0.412. The van der Waals surface area contributed by atoms with Gasteiger partial charge in [0, 0.05) is 25.8 Å². The molecule has 134 valence electrons. The maximum Gasteiger partial charge on any atom is 0.416 e. The number of alkyl halides is 3. The number of rotatable bonds is 3. The van der Waals surface area contributed by atoms with Gasteiger partial charge < -0.3 is 10.2 Å². The van der Waals surface area contributed by atoms with E-state index >= 15 is 0 Å². The molecule has 0 radical (unpaired) electrons. The van der Waals surface area contributed by atoms with Crippen LogP contribution in [0, 0.1) is 6.92 Å². The van der Waals surface area contributed by atoms with Gasteiger partial charge in [-0.2, -0.15) is 18.3 Å². The number of anilines is 2. The smallest absolute Gasteiger partial charge is 0.370 e. The van der Waals surface area contributed by atoms with Crippen molar-refractivity contribution in [1.29, 1.82) is 0 Å². The third kappa shape index (κ3) is 3.47. The van der Waals surface area contributed by atoms with Crippen LogP contribution >= 0.6 is 0 Å². The monoisotopic (exact) mass is 352 g/mol. The van der Waals surface area contributed by atoms with Gasteiger partial charge in [0.2, 0.25) is 0 Å². The maximum atomic E-state index is 13.1. The molecule has 0 saturated carbocycles. The minimum Gasteiger partial charge on any atom is -0.370 e. The number of aryl methyl sites for hydroxylation is 1. The van der Waals surface area contributed by atoms with Gasteiger partial charge in [-0.3, -0.25) is 9.48 Å². The fourth-order valence-corrected chi connectivity index (χ4v) is 2.96. The molecule has 25 heavy (non-hydrogen) atoms. The Morgan fingerprint density at radius 1 is 1.24 bits per heavy atom. The fourth-order valence-electron chi connectivity index (χ4n) is 2.96.